The lowest BCUT2D eigenvalue weighted by Crippen LogP contribution is -2.51. The third kappa shape index (κ3) is 7.11. The highest BCUT2D eigenvalue weighted by Crippen LogP contribution is 2.63. The van der Waals surface area contributed by atoms with Gasteiger partial charge in [0.25, 0.3) is 5.91 Å². The second-order valence-corrected chi connectivity index (χ2v) is 14.5. The van der Waals surface area contributed by atoms with Crippen molar-refractivity contribution in [3.63, 3.8) is 0 Å². The molecule has 0 unspecified atom stereocenters. The van der Waals surface area contributed by atoms with E-state index >= 15 is 4.39 Å². The summed E-state index contributed by atoms with van der Waals surface area (Å²) in [5, 5.41) is 24.0. The minimum absolute atomic E-state index is 0.0159. The number of nitrogens with one attached hydrogen (secondary N) is 1. The number of carbonyl (C=O) groups is 2. The molecular formula is C40H49FN2O4. The number of rotatable bonds is 11. The number of hydrogen-bond donors (Lipinski definition) is 3. The first-order valence-electron chi connectivity index (χ1n) is 17.5. The summed E-state index contributed by atoms with van der Waals surface area (Å²) in [4.78, 5) is 27.2. The first kappa shape index (κ1) is 33.2. The van der Waals surface area contributed by atoms with Gasteiger partial charge in [-0.2, -0.15) is 0 Å². The fourth-order valence-electron chi connectivity index (χ4n) is 9.26. The zero-order chi connectivity index (χ0) is 33.1. The van der Waals surface area contributed by atoms with E-state index in [0.29, 0.717) is 30.8 Å². The Morgan fingerprint density at radius 2 is 1.72 bits per heavy atom. The third-order valence-electron chi connectivity index (χ3n) is 11.5. The molecule has 2 saturated carbocycles. The second-order valence-electron chi connectivity index (χ2n) is 14.5. The highest BCUT2D eigenvalue weighted by molar-refractivity contribution is 5.95. The number of fused-ring (bicyclic) bond motifs is 5. The average molecular weight is 641 g/mol. The Kier molecular flexibility index (Phi) is 10.0. The van der Waals surface area contributed by atoms with E-state index in [9.17, 15) is 19.8 Å². The number of aryl methyl sites for hydroxylation is 1. The number of aliphatic hydroxyl groups excluding tert-OH is 1. The zero-order valence-corrected chi connectivity index (χ0v) is 27.7. The average Bonchev–Trinajstić information content (AvgIpc) is 3.35. The summed E-state index contributed by atoms with van der Waals surface area (Å²) in [6.07, 6.45) is 5.79. The zero-order valence-electron chi connectivity index (χ0n) is 27.7. The number of benzene rings is 3. The molecule has 0 radical (unpaired) electrons. The molecule has 47 heavy (non-hydrogen) atoms. The number of amides is 2. The minimum atomic E-state index is -1.02. The number of aliphatic hydroxyl groups is 1. The summed E-state index contributed by atoms with van der Waals surface area (Å²) in [7, 11) is 0. The number of phenolic OH excluding ortho intramolecular Hbond substituents is 1. The monoisotopic (exact) mass is 640 g/mol. The van der Waals surface area contributed by atoms with Crippen LogP contribution in [0.5, 0.6) is 5.75 Å². The molecule has 0 bridgehead atoms. The standard InChI is InChI=1S/C40H49FN2O4/c1-26(44)42-31-15-13-28(14-16-31)39(47)43(22-8-11-27-9-4-3-5-10-27)21-7-6-12-29-23-30-24-32(45)17-18-33(30)38-35(41)25-40(2)34(37(29)38)19-20-36(40)46/h3-5,9-10,13-18,24,29,34-38,45-46H,6-8,11-12,19-23,25H2,1-2H3,(H,42,44)/t29-,34+,35+,36+,37+,38+,40+/m1/s1. The van der Waals surface area contributed by atoms with Gasteiger partial charge < -0.3 is 20.4 Å². The van der Waals surface area contributed by atoms with Gasteiger partial charge in [0.15, 0.2) is 0 Å². The van der Waals surface area contributed by atoms with E-state index in [1.807, 2.05) is 35.2 Å². The normalized spacial score (nSPS) is 27.7. The van der Waals surface area contributed by atoms with Crippen LogP contribution in [0.25, 0.3) is 0 Å². The van der Waals surface area contributed by atoms with Crippen LogP contribution in [-0.4, -0.2) is 52.3 Å². The van der Waals surface area contributed by atoms with Crippen molar-refractivity contribution in [2.45, 2.75) is 89.8 Å². The molecule has 250 valence electrons. The molecule has 2 amide bonds. The van der Waals surface area contributed by atoms with Crippen molar-refractivity contribution in [3.05, 3.63) is 95.1 Å². The topological polar surface area (TPSA) is 89.9 Å². The van der Waals surface area contributed by atoms with Crippen LogP contribution in [0.15, 0.2) is 72.8 Å². The molecule has 0 saturated heterocycles. The van der Waals surface area contributed by atoms with Gasteiger partial charge in [0.05, 0.1) is 6.10 Å². The Hall–Kier alpha value is -3.71. The number of anilines is 1. The van der Waals surface area contributed by atoms with E-state index in [-0.39, 0.29) is 41.2 Å². The smallest absolute Gasteiger partial charge is 0.253 e. The van der Waals surface area contributed by atoms with Crippen molar-refractivity contribution in [3.8, 4) is 5.75 Å². The Bertz CT molecular complexity index is 1550. The molecule has 3 aliphatic rings. The first-order valence-corrected chi connectivity index (χ1v) is 17.5. The molecule has 3 aromatic rings. The van der Waals surface area contributed by atoms with Gasteiger partial charge in [0.1, 0.15) is 11.9 Å². The van der Waals surface area contributed by atoms with E-state index in [1.54, 1.807) is 30.3 Å². The lowest BCUT2D eigenvalue weighted by atomic mass is 9.51. The summed E-state index contributed by atoms with van der Waals surface area (Å²) < 4.78 is 16.2. The van der Waals surface area contributed by atoms with E-state index in [0.717, 1.165) is 62.5 Å². The van der Waals surface area contributed by atoms with E-state index in [1.165, 1.54) is 12.5 Å². The molecule has 7 atom stereocenters. The molecule has 0 aliphatic heterocycles. The van der Waals surface area contributed by atoms with Crippen LogP contribution in [0.3, 0.4) is 0 Å². The molecule has 2 fully saturated rings. The Morgan fingerprint density at radius 3 is 2.47 bits per heavy atom. The van der Waals surface area contributed by atoms with Gasteiger partial charge >= 0.3 is 0 Å². The number of phenols is 1. The van der Waals surface area contributed by atoms with Gasteiger partial charge in [-0.1, -0.05) is 49.7 Å². The second kappa shape index (κ2) is 14.2. The molecule has 0 spiro atoms. The fraction of sp³-hybridized carbons (Fsp3) is 0.500. The number of carbonyl (C=O) groups excluding carboxylic acids is 2. The molecule has 0 heterocycles. The van der Waals surface area contributed by atoms with Crippen LogP contribution in [0.1, 0.15) is 91.8 Å². The van der Waals surface area contributed by atoms with Crippen LogP contribution >= 0.6 is 0 Å². The lowest BCUT2D eigenvalue weighted by molar-refractivity contribution is -0.114. The molecule has 3 aromatic carbocycles. The first-order chi connectivity index (χ1) is 22.6. The van der Waals surface area contributed by atoms with Gasteiger partial charge in [-0.3, -0.25) is 9.59 Å². The van der Waals surface area contributed by atoms with Crippen molar-refractivity contribution in [1.82, 2.24) is 4.90 Å². The molecule has 3 N–H and O–H groups in total. The summed E-state index contributed by atoms with van der Waals surface area (Å²) in [6, 6.07) is 22.8. The van der Waals surface area contributed by atoms with Gasteiger partial charge in [-0.15, -0.1) is 0 Å². The van der Waals surface area contributed by atoms with Crippen molar-refractivity contribution in [2.24, 2.45) is 23.2 Å². The van der Waals surface area contributed by atoms with Crippen molar-refractivity contribution >= 4 is 17.5 Å². The molecule has 3 aliphatic carbocycles. The number of nitrogens with zero attached hydrogens (tertiary/aromatic N) is 1. The fourth-order valence-corrected chi connectivity index (χ4v) is 9.26. The number of alkyl halides is 1. The maximum Gasteiger partial charge on any atom is 0.253 e. The molecule has 6 rings (SSSR count). The predicted molar refractivity (Wildman–Crippen MR) is 183 cm³/mol. The molecule has 6 nitrogen and oxygen atoms in total. The predicted octanol–water partition coefficient (Wildman–Crippen LogP) is 7.69. The van der Waals surface area contributed by atoms with E-state index in [4.69, 9.17) is 0 Å². The minimum Gasteiger partial charge on any atom is -0.508 e. The Balaban J connectivity index is 1.15. The highest BCUT2D eigenvalue weighted by atomic mass is 19.1. The summed E-state index contributed by atoms with van der Waals surface area (Å²) in [6.45, 7) is 4.83. The maximum atomic E-state index is 16.2. The van der Waals surface area contributed by atoms with Crippen LogP contribution in [0.2, 0.25) is 0 Å². The largest absolute Gasteiger partial charge is 0.508 e. The van der Waals surface area contributed by atoms with Crippen LogP contribution < -0.4 is 5.32 Å². The van der Waals surface area contributed by atoms with Crippen LogP contribution in [-0.2, 0) is 17.6 Å². The van der Waals surface area contributed by atoms with E-state index < -0.39 is 17.7 Å². The van der Waals surface area contributed by atoms with Crippen molar-refractivity contribution < 1.29 is 24.2 Å². The quantitative estimate of drug-likeness (QED) is 0.188. The van der Waals surface area contributed by atoms with E-state index in [2.05, 4.69) is 24.4 Å². The Morgan fingerprint density at radius 1 is 0.979 bits per heavy atom. The van der Waals surface area contributed by atoms with Crippen LogP contribution in [0.4, 0.5) is 10.1 Å². The summed E-state index contributed by atoms with van der Waals surface area (Å²) >= 11 is 0. The summed E-state index contributed by atoms with van der Waals surface area (Å²) in [5.41, 5.74) is 4.21. The molecule has 0 aromatic heterocycles. The lowest BCUT2D eigenvalue weighted by Gasteiger charge is -2.54. The third-order valence-corrected chi connectivity index (χ3v) is 11.5. The van der Waals surface area contributed by atoms with Gasteiger partial charge in [-0.25, -0.2) is 4.39 Å². The number of aromatic hydroxyl groups is 1. The maximum absolute atomic E-state index is 16.2. The van der Waals surface area contributed by atoms with Crippen molar-refractivity contribution in [1.29, 1.82) is 0 Å². The molecular weight excluding hydrogens is 591 g/mol. The number of unbranched alkanes of at least 4 members (excludes halogenated alkanes) is 1. The van der Waals surface area contributed by atoms with Crippen LogP contribution in [0, 0.1) is 23.2 Å². The number of hydrogen-bond acceptors (Lipinski definition) is 4. The van der Waals surface area contributed by atoms with Gasteiger partial charge in [0, 0.05) is 37.2 Å². The van der Waals surface area contributed by atoms with Gasteiger partial charge in [0.2, 0.25) is 5.91 Å². The Labute approximate surface area is 278 Å². The molecule has 7 heteroatoms. The SMILES string of the molecule is CC(=O)Nc1ccc(C(=O)N(CCCC[C@@H]2Cc3cc(O)ccc3[C@@H]3[C@@H]2[C@@H]2CC[C@H](O)[C@@]2(C)C[C@@H]3F)CCCc2ccccc2)cc1. The highest BCUT2D eigenvalue weighted by Gasteiger charge is 2.59. The summed E-state index contributed by atoms with van der Waals surface area (Å²) in [5.74, 6) is 0.540. The number of halogens is 1. The van der Waals surface area contributed by atoms with Gasteiger partial charge in [-0.05, 0) is 128 Å². The van der Waals surface area contributed by atoms with Crippen molar-refractivity contribution in [2.75, 3.05) is 18.4 Å².